The lowest BCUT2D eigenvalue weighted by molar-refractivity contribution is 0.139. The van der Waals surface area contributed by atoms with Crippen molar-refractivity contribution in [3.8, 4) is 0 Å². The number of rotatable bonds is 10. The molecule has 0 aromatic carbocycles. The maximum atomic E-state index is 12.2. The minimum atomic E-state index is -3.19. The Hall–Kier alpha value is -0.820. The molecule has 0 aromatic rings. The number of sulfonamides is 1. The van der Waals surface area contributed by atoms with Crippen LogP contribution in [0.3, 0.4) is 0 Å². The molecule has 0 saturated heterocycles. The van der Waals surface area contributed by atoms with Gasteiger partial charge in [-0.15, -0.1) is 0 Å². The summed E-state index contributed by atoms with van der Waals surface area (Å²) in [5.74, 6) is 0.819. The fourth-order valence-electron chi connectivity index (χ4n) is 2.93. The Morgan fingerprint density at radius 1 is 1.13 bits per heavy atom. The average Bonchev–Trinajstić information content (AvgIpc) is 2.47. The van der Waals surface area contributed by atoms with Gasteiger partial charge in [-0.2, -0.15) is 0 Å². The first-order chi connectivity index (χ1) is 10.9. The number of nitrogens with zero attached hydrogens (tertiary/aromatic N) is 2. The monoisotopic (exact) mass is 346 g/mol. The summed E-state index contributed by atoms with van der Waals surface area (Å²) >= 11 is 0. The zero-order valence-corrected chi connectivity index (χ0v) is 16.0. The zero-order valence-electron chi connectivity index (χ0n) is 15.2. The summed E-state index contributed by atoms with van der Waals surface area (Å²) < 4.78 is 25.9. The quantitative estimate of drug-likeness (QED) is 0.467. The molecule has 0 atom stereocenters. The van der Waals surface area contributed by atoms with Crippen LogP contribution in [0, 0.1) is 5.41 Å². The normalized spacial score (nSPS) is 17.9. The van der Waals surface area contributed by atoms with Gasteiger partial charge in [0.2, 0.25) is 10.0 Å². The van der Waals surface area contributed by atoms with Gasteiger partial charge in [0.1, 0.15) is 0 Å². The van der Waals surface area contributed by atoms with Crippen LogP contribution >= 0.6 is 0 Å². The molecule has 2 N–H and O–H groups in total. The van der Waals surface area contributed by atoms with Gasteiger partial charge in [-0.25, -0.2) is 12.7 Å². The molecular formula is C16H34N4O2S. The van der Waals surface area contributed by atoms with E-state index in [2.05, 4.69) is 22.5 Å². The number of aliphatic imine (C=N–C) groups is 1. The van der Waals surface area contributed by atoms with Gasteiger partial charge in [0.25, 0.3) is 0 Å². The van der Waals surface area contributed by atoms with Crippen LogP contribution in [0.5, 0.6) is 0 Å². The maximum Gasteiger partial charge on any atom is 0.215 e. The van der Waals surface area contributed by atoms with E-state index in [-0.39, 0.29) is 5.75 Å². The first-order valence-corrected chi connectivity index (χ1v) is 10.5. The van der Waals surface area contributed by atoms with E-state index >= 15 is 0 Å². The van der Waals surface area contributed by atoms with Gasteiger partial charge >= 0.3 is 0 Å². The molecule has 0 spiro atoms. The Bertz CT molecular complexity index is 463. The number of nitrogens with one attached hydrogen (secondary N) is 2. The standard InChI is InChI=1S/C16H34N4O2S/c1-5-16(10-9-11-16)14-19-15(17-6-2)18-12-13-23(21,22)20(7-3)8-4/h5-14H2,1-4H3,(H2,17,18,19). The molecule has 0 amide bonds. The first-order valence-electron chi connectivity index (χ1n) is 8.93. The van der Waals surface area contributed by atoms with E-state index in [1.54, 1.807) is 0 Å². The Balaban J connectivity index is 2.53. The molecule has 23 heavy (non-hydrogen) atoms. The van der Waals surface area contributed by atoms with E-state index in [1.807, 2.05) is 20.8 Å². The lowest BCUT2D eigenvalue weighted by Gasteiger charge is -2.40. The second-order valence-electron chi connectivity index (χ2n) is 6.23. The van der Waals surface area contributed by atoms with Gasteiger partial charge in [0, 0.05) is 32.7 Å². The van der Waals surface area contributed by atoms with Crippen LogP contribution in [0.15, 0.2) is 4.99 Å². The Morgan fingerprint density at radius 2 is 1.78 bits per heavy atom. The van der Waals surface area contributed by atoms with E-state index in [0.717, 1.165) is 25.5 Å². The van der Waals surface area contributed by atoms with Crippen molar-refractivity contribution in [2.75, 3.05) is 38.5 Å². The molecular weight excluding hydrogens is 312 g/mol. The molecule has 0 bridgehead atoms. The van der Waals surface area contributed by atoms with E-state index in [4.69, 9.17) is 0 Å². The second kappa shape index (κ2) is 9.47. The lowest BCUT2D eigenvalue weighted by atomic mass is 9.67. The zero-order chi connectivity index (χ0) is 17.3. The van der Waals surface area contributed by atoms with Crippen LogP contribution in [0.25, 0.3) is 0 Å². The van der Waals surface area contributed by atoms with Gasteiger partial charge < -0.3 is 10.6 Å². The molecule has 1 rings (SSSR count). The van der Waals surface area contributed by atoms with Crippen LogP contribution in [-0.4, -0.2) is 57.2 Å². The highest BCUT2D eigenvalue weighted by atomic mass is 32.2. The van der Waals surface area contributed by atoms with Gasteiger partial charge in [0.05, 0.1) is 5.75 Å². The fraction of sp³-hybridized carbons (Fsp3) is 0.938. The molecule has 1 fully saturated rings. The summed E-state index contributed by atoms with van der Waals surface area (Å²) in [5, 5.41) is 6.36. The second-order valence-corrected chi connectivity index (χ2v) is 8.32. The van der Waals surface area contributed by atoms with Crippen molar-refractivity contribution in [2.24, 2.45) is 10.4 Å². The van der Waals surface area contributed by atoms with Crippen molar-refractivity contribution in [1.82, 2.24) is 14.9 Å². The molecule has 0 radical (unpaired) electrons. The van der Waals surface area contributed by atoms with Crippen molar-refractivity contribution >= 4 is 16.0 Å². The fourth-order valence-corrected chi connectivity index (χ4v) is 4.34. The van der Waals surface area contributed by atoms with Crippen molar-refractivity contribution in [3.63, 3.8) is 0 Å². The van der Waals surface area contributed by atoms with Gasteiger partial charge in [-0.1, -0.05) is 27.2 Å². The van der Waals surface area contributed by atoms with Crippen LogP contribution in [0.1, 0.15) is 53.4 Å². The van der Waals surface area contributed by atoms with E-state index in [9.17, 15) is 8.42 Å². The van der Waals surface area contributed by atoms with Crippen molar-refractivity contribution < 1.29 is 8.42 Å². The van der Waals surface area contributed by atoms with Crippen LogP contribution in [0.4, 0.5) is 0 Å². The number of guanidine groups is 1. The highest BCUT2D eigenvalue weighted by molar-refractivity contribution is 7.89. The number of hydrogen-bond acceptors (Lipinski definition) is 3. The summed E-state index contributed by atoms with van der Waals surface area (Å²) in [6, 6.07) is 0. The molecule has 136 valence electrons. The molecule has 0 heterocycles. The minimum absolute atomic E-state index is 0.0953. The molecule has 7 heteroatoms. The molecule has 1 aliphatic carbocycles. The Morgan fingerprint density at radius 3 is 2.22 bits per heavy atom. The molecule has 0 unspecified atom stereocenters. The van der Waals surface area contributed by atoms with Gasteiger partial charge in [0.15, 0.2) is 5.96 Å². The SMILES string of the molecule is CCNC(=NCC1(CC)CCC1)NCCS(=O)(=O)N(CC)CC. The first kappa shape index (κ1) is 20.2. The highest BCUT2D eigenvalue weighted by Crippen LogP contribution is 2.43. The highest BCUT2D eigenvalue weighted by Gasteiger charge is 2.34. The van der Waals surface area contributed by atoms with Crippen LogP contribution in [0.2, 0.25) is 0 Å². The van der Waals surface area contributed by atoms with E-state index < -0.39 is 10.0 Å². The molecule has 0 aliphatic heterocycles. The Labute approximate surface area is 142 Å². The Kier molecular flexibility index (Phi) is 8.33. The third kappa shape index (κ3) is 5.95. The van der Waals surface area contributed by atoms with Gasteiger partial charge in [-0.3, -0.25) is 4.99 Å². The smallest absolute Gasteiger partial charge is 0.215 e. The largest absolute Gasteiger partial charge is 0.357 e. The van der Waals surface area contributed by atoms with E-state index in [1.165, 1.54) is 23.6 Å². The van der Waals surface area contributed by atoms with Crippen molar-refractivity contribution in [3.05, 3.63) is 0 Å². The summed E-state index contributed by atoms with van der Waals surface area (Å²) in [7, 11) is -3.19. The molecule has 1 saturated carbocycles. The minimum Gasteiger partial charge on any atom is -0.357 e. The number of hydrogen-bond donors (Lipinski definition) is 2. The lowest BCUT2D eigenvalue weighted by Crippen LogP contribution is -2.43. The third-order valence-electron chi connectivity index (χ3n) is 4.83. The average molecular weight is 347 g/mol. The van der Waals surface area contributed by atoms with Crippen LogP contribution < -0.4 is 10.6 Å². The molecule has 0 aromatic heterocycles. The van der Waals surface area contributed by atoms with Gasteiger partial charge in [-0.05, 0) is 31.6 Å². The van der Waals surface area contributed by atoms with Crippen molar-refractivity contribution in [2.45, 2.75) is 53.4 Å². The summed E-state index contributed by atoms with van der Waals surface area (Å²) in [6.45, 7) is 11.0. The predicted octanol–water partition coefficient (Wildman–Crippen LogP) is 1.79. The van der Waals surface area contributed by atoms with E-state index in [0.29, 0.717) is 25.0 Å². The third-order valence-corrected chi connectivity index (χ3v) is 6.86. The summed E-state index contributed by atoms with van der Waals surface area (Å²) in [4.78, 5) is 4.67. The maximum absolute atomic E-state index is 12.2. The molecule has 1 aliphatic rings. The summed E-state index contributed by atoms with van der Waals surface area (Å²) in [5.41, 5.74) is 0.371. The summed E-state index contributed by atoms with van der Waals surface area (Å²) in [6.07, 6.45) is 4.97. The van der Waals surface area contributed by atoms with Crippen LogP contribution in [-0.2, 0) is 10.0 Å². The topological polar surface area (TPSA) is 73.8 Å². The van der Waals surface area contributed by atoms with Crippen molar-refractivity contribution in [1.29, 1.82) is 0 Å². The molecule has 6 nitrogen and oxygen atoms in total. The predicted molar refractivity (Wildman–Crippen MR) is 97.3 cm³/mol.